The average Bonchev–Trinajstić information content (AvgIpc) is 2.83. The number of carboxylic acid groups (broad SMARTS) is 1. The quantitative estimate of drug-likeness (QED) is 0.838. The van der Waals surface area contributed by atoms with Crippen LogP contribution < -0.4 is 5.32 Å². The van der Waals surface area contributed by atoms with Crippen LogP contribution >= 0.6 is 27.3 Å². The van der Waals surface area contributed by atoms with E-state index in [9.17, 15) is 9.59 Å². The van der Waals surface area contributed by atoms with Gasteiger partial charge in [-0.1, -0.05) is 57.6 Å². The van der Waals surface area contributed by atoms with Gasteiger partial charge in [0.2, 0.25) is 5.91 Å². The van der Waals surface area contributed by atoms with Crippen molar-refractivity contribution in [2.75, 3.05) is 10.6 Å². The second kappa shape index (κ2) is 5.94. The van der Waals surface area contributed by atoms with Crippen LogP contribution in [0, 0.1) is 0 Å². The largest absolute Gasteiger partial charge is 0.476 e. The van der Waals surface area contributed by atoms with Crippen LogP contribution in [0.2, 0.25) is 0 Å². The summed E-state index contributed by atoms with van der Waals surface area (Å²) in [5.74, 6) is -1.39. The molecule has 0 aliphatic carbocycles. The zero-order valence-corrected chi connectivity index (χ0v) is 12.0. The van der Waals surface area contributed by atoms with Gasteiger partial charge in [0.15, 0.2) is 10.8 Å². The Balaban J connectivity index is 2.42. The van der Waals surface area contributed by atoms with Crippen LogP contribution in [-0.2, 0) is 4.79 Å². The van der Waals surface area contributed by atoms with Gasteiger partial charge in [0.25, 0.3) is 0 Å². The predicted octanol–water partition coefficient (Wildman–Crippen LogP) is 2.84. The maximum Gasteiger partial charge on any atom is 0.356 e. The number of benzene rings is 1. The van der Waals surface area contributed by atoms with E-state index in [0.717, 1.165) is 16.9 Å². The van der Waals surface area contributed by atoms with Crippen molar-refractivity contribution in [3.8, 4) is 10.4 Å². The summed E-state index contributed by atoms with van der Waals surface area (Å²) in [5, 5.41) is 12.1. The SMILES string of the molecule is O=C(CBr)Nc1nc(C(=O)O)c(-c2ccccc2)s1. The number of carbonyl (C=O) groups is 2. The van der Waals surface area contributed by atoms with E-state index in [0.29, 0.717) is 4.88 Å². The zero-order valence-electron chi connectivity index (χ0n) is 9.59. The lowest BCUT2D eigenvalue weighted by Crippen LogP contribution is -2.12. The molecule has 2 N–H and O–H groups in total. The Hall–Kier alpha value is -1.73. The summed E-state index contributed by atoms with van der Waals surface area (Å²) in [6.45, 7) is 0. The molecule has 0 saturated heterocycles. The fourth-order valence-corrected chi connectivity index (χ4v) is 2.58. The summed E-state index contributed by atoms with van der Waals surface area (Å²) in [6, 6.07) is 9.08. The summed E-state index contributed by atoms with van der Waals surface area (Å²) < 4.78 is 0. The number of anilines is 1. The van der Waals surface area contributed by atoms with Gasteiger partial charge < -0.3 is 10.4 Å². The predicted molar refractivity (Wildman–Crippen MR) is 76.9 cm³/mol. The number of amides is 1. The van der Waals surface area contributed by atoms with E-state index in [1.54, 1.807) is 12.1 Å². The van der Waals surface area contributed by atoms with Crippen LogP contribution in [0.25, 0.3) is 10.4 Å². The molecule has 98 valence electrons. The highest BCUT2D eigenvalue weighted by Crippen LogP contribution is 2.33. The van der Waals surface area contributed by atoms with Crippen LogP contribution in [-0.4, -0.2) is 27.3 Å². The normalized spacial score (nSPS) is 10.2. The molecule has 1 aromatic carbocycles. The summed E-state index contributed by atoms with van der Waals surface area (Å²) >= 11 is 4.16. The Labute approximate surface area is 121 Å². The molecule has 0 fully saturated rings. The summed E-state index contributed by atoms with van der Waals surface area (Å²) in [7, 11) is 0. The number of carboxylic acids is 1. The molecule has 0 aliphatic rings. The molecule has 0 spiro atoms. The third kappa shape index (κ3) is 3.18. The Morgan fingerprint density at radius 2 is 2.00 bits per heavy atom. The minimum Gasteiger partial charge on any atom is -0.476 e. The monoisotopic (exact) mass is 340 g/mol. The lowest BCUT2D eigenvalue weighted by Gasteiger charge is -1.97. The first-order chi connectivity index (χ1) is 9.11. The van der Waals surface area contributed by atoms with Crippen molar-refractivity contribution < 1.29 is 14.7 Å². The minimum atomic E-state index is -1.12. The molecule has 19 heavy (non-hydrogen) atoms. The van der Waals surface area contributed by atoms with Gasteiger partial charge >= 0.3 is 5.97 Å². The number of aromatic nitrogens is 1. The highest BCUT2D eigenvalue weighted by molar-refractivity contribution is 9.09. The molecule has 0 radical (unpaired) electrons. The molecular formula is C12H9BrN2O3S. The first kappa shape index (κ1) is 13.7. The van der Waals surface area contributed by atoms with E-state index in [2.05, 4.69) is 26.2 Å². The number of carbonyl (C=O) groups excluding carboxylic acids is 1. The first-order valence-electron chi connectivity index (χ1n) is 5.27. The first-order valence-corrected chi connectivity index (χ1v) is 7.21. The van der Waals surface area contributed by atoms with Gasteiger partial charge in [-0.2, -0.15) is 0 Å². The van der Waals surface area contributed by atoms with Crippen molar-refractivity contribution in [1.82, 2.24) is 4.98 Å². The van der Waals surface area contributed by atoms with E-state index >= 15 is 0 Å². The number of rotatable bonds is 4. The molecule has 1 amide bonds. The van der Waals surface area contributed by atoms with E-state index in [-0.39, 0.29) is 22.1 Å². The maximum absolute atomic E-state index is 11.3. The summed E-state index contributed by atoms with van der Waals surface area (Å²) in [4.78, 5) is 26.9. The van der Waals surface area contributed by atoms with Gasteiger partial charge in [-0.05, 0) is 5.56 Å². The molecule has 2 aromatic rings. The van der Waals surface area contributed by atoms with Crippen molar-refractivity contribution >= 4 is 44.3 Å². The summed E-state index contributed by atoms with van der Waals surface area (Å²) in [6.07, 6.45) is 0. The molecule has 7 heteroatoms. The molecular weight excluding hydrogens is 332 g/mol. The van der Waals surface area contributed by atoms with Crippen molar-refractivity contribution in [2.45, 2.75) is 0 Å². The number of hydrogen-bond acceptors (Lipinski definition) is 4. The van der Waals surface area contributed by atoms with Gasteiger partial charge in [-0.3, -0.25) is 4.79 Å². The van der Waals surface area contributed by atoms with Gasteiger partial charge in [0, 0.05) is 0 Å². The van der Waals surface area contributed by atoms with Crippen LogP contribution in [0.4, 0.5) is 5.13 Å². The summed E-state index contributed by atoms with van der Waals surface area (Å²) in [5.41, 5.74) is 0.706. The molecule has 0 bridgehead atoms. The molecule has 5 nitrogen and oxygen atoms in total. The van der Waals surface area contributed by atoms with Gasteiger partial charge in [-0.25, -0.2) is 9.78 Å². The van der Waals surface area contributed by atoms with E-state index < -0.39 is 5.97 Å². The second-order valence-corrected chi connectivity index (χ2v) is 5.11. The third-order valence-electron chi connectivity index (χ3n) is 2.23. The second-order valence-electron chi connectivity index (χ2n) is 3.55. The molecule has 0 saturated carbocycles. The van der Waals surface area contributed by atoms with E-state index in [1.807, 2.05) is 18.2 Å². The minimum absolute atomic E-state index is 0.0546. The Morgan fingerprint density at radius 1 is 1.32 bits per heavy atom. The number of alkyl halides is 1. The number of nitrogens with zero attached hydrogens (tertiary/aromatic N) is 1. The zero-order chi connectivity index (χ0) is 13.8. The molecule has 1 aromatic heterocycles. The fraction of sp³-hybridized carbons (Fsp3) is 0.0833. The average molecular weight is 341 g/mol. The number of aromatic carboxylic acids is 1. The molecule has 1 heterocycles. The van der Waals surface area contributed by atoms with Crippen molar-refractivity contribution in [3.05, 3.63) is 36.0 Å². The topological polar surface area (TPSA) is 79.3 Å². The van der Waals surface area contributed by atoms with E-state index in [1.165, 1.54) is 0 Å². The van der Waals surface area contributed by atoms with Gasteiger partial charge in [-0.15, -0.1) is 0 Å². The molecule has 2 rings (SSSR count). The van der Waals surface area contributed by atoms with Crippen LogP contribution in [0.1, 0.15) is 10.5 Å². The van der Waals surface area contributed by atoms with Crippen molar-refractivity contribution in [3.63, 3.8) is 0 Å². The number of halogens is 1. The molecule has 0 atom stereocenters. The van der Waals surface area contributed by atoms with E-state index in [4.69, 9.17) is 5.11 Å². The van der Waals surface area contributed by atoms with Gasteiger partial charge in [0.05, 0.1) is 10.2 Å². The van der Waals surface area contributed by atoms with Crippen LogP contribution in [0.5, 0.6) is 0 Å². The Bertz CT molecular complexity index is 613. The van der Waals surface area contributed by atoms with Gasteiger partial charge in [0.1, 0.15) is 0 Å². The highest BCUT2D eigenvalue weighted by atomic mass is 79.9. The molecule has 0 unspecified atom stereocenters. The number of thiazole rings is 1. The number of hydrogen-bond donors (Lipinski definition) is 2. The van der Waals surface area contributed by atoms with Crippen molar-refractivity contribution in [1.29, 1.82) is 0 Å². The Kier molecular flexibility index (Phi) is 4.28. The lowest BCUT2D eigenvalue weighted by atomic mass is 10.1. The lowest BCUT2D eigenvalue weighted by molar-refractivity contribution is -0.113. The van der Waals surface area contributed by atoms with Crippen LogP contribution in [0.3, 0.4) is 0 Å². The Morgan fingerprint density at radius 3 is 2.58 bits per heavy atom. The maximum atomic E-state index is 11.3. The fourth-order valence-electron chi connectivity index (χ4n) is 1.46. The standard InChI is InChI=1S/C12H9BrN2O3S/c13-6-8(16)14-12-15-9(11(17)18)10(19-12)7-4-2-1-3-5-7/h1-5H,6H2,(H,17,18)(H,14,15,16). The molecule has 0 aliphatic heterocycles. The third-order valence-corrected chi connectivity index (χ3v) is 3.76. The van der Waals surface area contributed by atoms with Crippen LogP contribution in [0.15, 0.2) is 30.3 Å². The highest BCUT2D eigenvalue weighted by Gasteiger charge is 2.19. The smallest absolute Gasteiger partial charge is 0.356 e. The van der Waals surface area contributed by atoms with Crippen molar-refractivity contribution in [2.24, 2.45) is 0 Å². The number of nitrogens with one attached hydrogen (secondary N) is 1.